The number of oxime groups is 1. The summed E-state index contributed by atoms with van der Waals surface area (Å²) in [4.78, 5) is 26.9. The van der Waals surface area contributed by atoms with Crippen LogP contribution in [0.2, 0.25) is 0 Å². The Hall–Kier alpha value is -1.87. The molecular weight excluding hydrogens is 318 g/mol. The molecule has 0 saturated carbocycles. The first-order valence-corrected chi connectivity index (χ1v) is 8.22. The molecule has 0 heterocycles. The van der Waals surface area contributed by atoms with E-state index in [2.05, 4.69) is 16.9 Å². The Bertz CT molecular complexity index is 399. The van der Waals surface area contributed by atoms with Gasteiger partial charge in [-0.1, -0.05) is 51.9 Å². The summed E-state index contributed by atoms with van der Waals surface area (Å²) in [6.07, 6.45) is 4.49. The van der Waals surface area contributed by atoms with Crippen LogP contribution < -0.4 is 11.5 Å². The second-order valence-corrected chi connectivity index (χ2v) is 5.46. The summed E-state index contributed by atoms with van der Waals surface area (Å²) in [7, 11) is 0. The quantitative estimate of drug-likeness (QED) is 0.0913. The second kappa shape index (κ2) is 13.6. The molecule has 0 spiro atoms. The van der Waals surface area contributed by atoms with Crippen molar-refractivity contribution in [1.82, 2.24) is 0 Å². The lowest BCUT2D eigenvalue weighted by molar-refractivity contribution is -0.173. The van der Waals surface area contributed by atoms with E-state index in [0.29, 0.717) is 6.42 Å². The van der Waals surface area contributed by atoms with E-state index in [1.165, 1.54) is 25.7 Å². The summed E-state index contributed by atoms with van der Waals surface area (Å²) < 4.78 is 4.80. The van der Waals surface area contributed by atoms with Crippen molar-refractivity contribution in [2.75, 3.05) is 6.61 Å². The van der Waals surface area contributed by atoms with Crippen LogP contribution in [-0.4, -0.2) is 46.9 Å². The van der Waals surface area contributed by atoms with Gasteiger partial charge in [0.15, 0.2) is 12.2 Å². The Labute approximate surface area is 142 Å². The minimum Gasteiger partial charge on any atom is -0.464 e. The van der Waals surface area contributed by atoms with Gasteiger partial charge in [0.2, 0.25) is 5.96 Å². The molecule has 0 aliphatic rings. The highest BCUT2D eigenvalue weighted by atomic mass is 16.7. The van der Waals surface area contributed by atoms with Crippen LogP contribution in [0.4, 0.5) is 0 Å². The van der Waals surface area contributed by atoms with Crippen LogP contribution in [0.5, 0.6) is 0 Å². The number of carbonyl (C=O) groups is 2. The number of nitrogens with zero attached hydrogens (tertiary/aromatic N) is 1. The Morgan fingerprint density at radius 3 is 1.96 bits per heavy atom. The lowest BCUT2D eigenvalue weighted by Crippen LogP contribution is -2.41. The number of aliphatic hydroxyl groups is 2. The van der Waals surface area contributed by atoms with Gasteiger partial charge in [0, 0.05) is 0 Å². The summed E-state index contributed by atoms with van der Waals surface area (Å²) in [5.74, 6) is -3.01. The fraction of sp³-hybridized carbons (Fsp3) is 0.800. The highest BCUT2D eigenvalue weighted by Gasteiger charge is 2.33. The SMILES string of the molecule is CCCCCCCCCCOC(=O)C(O)C(O)C(=O)ON=C(N)N. The highest BCUT2D eigenvalue weighted by Crippen LogP contribution is 2.08. The third kappa shape index (κ3) is 10.8. The molecule has 0 aliphatic carbocycles. The highest BCUT2D eigenvalue weighted by molar-refractivity contribution is 5.85. The van der Waals surface area contributed by atoms with Crippen molar-refractivity contribution in [3.63, 3.8) is 0 Å². The maximum atomic E-state index is 11.5. The van der Waals surface area contributed by atoms with E-state index >= 15 is 0 Å². The second-order valence-electron chi connectivity index (χ2n) is 5.46. The van der Waals surface area contributed by atoms with Crippen molar-refractivity contribution >= 4 is 17.9 Å². The lowest BCUT2D eigenvalue weighted by atomic mass is 10.1. The van der Waals surface area contributed by atoms with E-state index in [1.54, 1.807) is 0 Å². The molecule has 0 aromatic carbocycles. The van der Waals surface area contributed by atoms with Gasteiger partial charge < -0.3 is 31.3 Å². The molecule has 140 valence electrons. The van der Waals surface area contributed by atoms with Crippen molar-refractivity contribution < 1.29 is 29.4 Å². The van der Waals surface area contributed by atoms with Crippen molar-refractivity contribution in [3.05, 3.63) is 0 Å². The van der Waals surface area contributed by atoms with Crippen LogP contribution in [0.15, 0.2) is 5.16 Å². The van der Waals surface area contributed by atoms with Gasteiger partial charge in [-0.25, -0.2) is 9.59 Å². The molecule has 0 aromatic rings. The van der Waals surface area contributed by atoms with Crippen LogP contribution in [0.1, 0.15) is 58.3 Å². The molecule has 9 heteroatoms. The van der Waals surface area contributed by atoms with Gasteiger partial charge in [-0.05, 0) is 11.6 Å². The minimum atomic E-state index is -2.13. The first-order chi connectivity index (χ1) is 11.4. The fourth-order valence-corrected chi connectivity index (χ4v) is 1.90. The van der Waals surface area contributed by atoms with Gasteiger partial charge in [-0.3, -0.25) is 0 Å². The fourth-order valence-electron chi connectivity index (χ4n) is 1.90. The van der Waals surface area contributed by atoms with Crippen LogP contribution in [0, 0.1) is 0 Å². The lowest BCUT2D eigenvalue weighted by Gasteiger charge is -2.14. The minimum absolute atomic E-state index is 0.112. The van der Waals surface area contributed by atoms with E-state index in [0.717, 1.165) is 19.3 Å². The van der Waals surface area contributed by atoms with Crippen LogP contribution >= 0.6 is 0 Å². The predicted octanol–water partition coefficient (Wildman–Crippen LogP) is 0.124. The Balaban J connectivity index is 3.82. The number of rotatable bonds is 13. The van der Waals surface area contributed by atoms with Crippen LogP contribution in [0.25, 0.3) is 0 Å². The number of unbranched alkanes of at least 4 members (excludes halogenated alkanes) is 7. The molecule has 0 rings (SSSR count). The first kappa shape index (κ1) is 22.1. The first-order valence-electron chi connectivity index (χ1n) is 8.22. The van der Waals surface area contributed by atoms with Crippen LogP contribution in [-0.2, 0) is 19.2 Å². The number of nitrogens with two attached hydrogens (primary N) is 2. The third-order valence-corrected chi connectivity index (χ3v) is 3.27. The topological polar surface area (TPSA) is 157 Å². The monoisotopic (exact) mass is 347 g/mol. The van der Waals surface area contributed by atoms with Gasteiger partial charge in [-0.2, -0.15) is 0 Å². The predicted molar refractivity (Wildman–Crippen MR) is 87.5 cm³/mol. The normalized spacial score (nSPS) is 13.0. The number of ether oxygens (including phenoxy) is 1. The van der Waals surface area contributed by atoms with E-state index in [1.807, 2.05) is 0 Å². The third-order valence-electron chi connectivity index (χ3n) is 3.27. The van der Waals surface area contributed by atoms with Gasteiger partial charge in [0.05, 0.1) is 6.61 Å². The van der Waals surface area contributed by atoms with Crippen LogP contribution in [0.3, 0.4) is 0 Å². The van der Waals surface area contributed by atoms with Crippen molar-refractivity contribution in [2.45, 2.75) is 70.5 Å². The Morgan fingerprint density at radius 2 is 1.42 bits per heavy atom. The number of guanidine groups is 1. The zero-order valence-electron chi connectivity index (χ0n) is 14.1. The number of hydrogen-bond donors (Lipinski definition) is 4. The Morgan fingerprint density at radius 1 is 0.917 bits per heavy atom. The molecule has 0 saturated heterocycles. The van der Waals surface area contributed by atoms with Gasteiger partial charge in [-0.15, -0.1) is 0 Å². The van der Waals surface area contributed by atoms with Crippen molar-refractivity contribution in [2.24, 2.45) is 16.6 Å². The van der Waals surface area contributed by atoms with Gasteiger partial charge in [0.25, 0.3) is 0 Å². The standard InChI is InChI=1S/C15H29N3O6/c1-2-3-4-5-6-7-8-9-10-23-13(21)11(19)12(20)14(22)24-18-15(16)17/h11-12,19-20H,2-10H2,1H3,(H4,16,17,18). The summed E-state index contributed by atoms with van der Waals surface area (Å²) in [6, 6.07) is 0. The molecule has 0 fully saturated rings. The summed E-state index contributed by atoms with van der Waals surface area (Å²) >= 11 is 0. The summed E-state index contributed by atoms with van der Waals surface area (Å²) in [5, 5.41) is 21.9. The summed E-state index contributed by atoms with van der Waals surface area (Å²) in [5.41, 5.74) is 9.86. The van der Waals surface area contributed by atoms with E-state index in [4.69, 9.17) is 16.2 Å². The molecule has 9 nitrogen and oxygen atoms in total. The number of aliphatic hydroxyl groups excluding tert-OH is 2. The van der Waals surface area contributed by atoms with Crippen molar-refractivity contribution in [1.29, 1.82) is 0 Å². The van der Waals surface area contributed by atoms with Crippen molar-refractivity contribution in [3.8, 4) is 0 Å². The van der Waals surface area contributed by atoms with E-state index in [-0.39, 0.29) is 6.61 Å². The molecule has 0 amide bonds. The Kier molecular flexibility index (Phi) is 12.5. The number of esters is 1. The summed E-state index contributed by atoms with van der Waals surface area (Å²) in [6.45, 7) is 2.28. The average Bonchev–Trinajstić information content (AvgIpc) is 2.56. The maximum absolute atomic E-state index is 11.5. The molecule has 0 bridgehead atoms. The smallest absolute Gasteiger partial charge is 0.366 e. The zero-order valence-corrected chi connectivity index (χ0v) is 14.1. The molecular formula is C15H29N3O6. The van der Waals surface area contributed by atoms with E-state index in [9.17, 15) is 19.8 Å². The largest absolute Gasteiger partial charge is 0.464 e. The van der Waals surface area contributed by atoms with Gasteiger partial charge >= 0.3 is 11.9 Å². The number of carbonyl (C=O) groups excluding carboxylic acids is 2. The van der Waals surface area contributed by atoms with E-state index < -0.39 is 30.1 Å². The van der Waals surface area contributed by atoms with Gasteiger partial charge in [0.1, 0.15) is 0 Å². The molecule has 6 N–H and O–H groups in total. The average molecular weight is 347 g/mol. The molecule has 2 unspecified atom stereocenters. The number of hydrogen-bond acceptors (Lipinski definition) is 7. The molecule has 0 radical (unpaired) electrons. The molecule has 0 aromatic heterocycles. The molecule has 2 atom stereocenters. The zero-order chi connectivity index (χ0) is 18.4. The molecule has 24 heavy (non-hydrogen) atoms. The molecule has 0 aliphatic heterocycles. The maximum Gasteiger partial charge on any atom is 0.366 e.